The van der Waals surface area contributed by atoms with Gasteiger partial charge in [0.15, 0.2) is 0 Å². The maximum Gasteiger partial charge on any atom is 0.271 e. The molecule has 0 atom stereocenters. The lowest BCUT2D eigenvalue weighted by Gasteiger charge is -2.02. The first-order valence-electron chi connectivity index (χ1n) is 6.38. The second-order valence-corrected chi connectivity index (χ2v) is 4.26. The Hall–Kier alpha value is -2.68. The highest BCUT2D eigenvalue weighted by atomic mass is 16.2. The van der Waals surface area contributed by atoms with E-state index in [-0.39, 0.29) is 5.91 Å². The van der Waals surface area contributed by atoms with Crippen molar-refractivity contribution >= 4 is 12.1 Å². The number of nitrogens with zero attached hydrogens (tertiary/aromatic N) is 1. The highest BCUT2D eigenvalue weighted by molar-refractivity contribution is 5.94. The fraction of sp³-hybridized carbons (Fsp3) is 0.0588. The zero-order chi connectivity index (χ0) is 14.2. The van der Waals surface area contributed by atoms with E-state index in [2.05, 4.69) is 17.1 Å². The normalized spacial score (nSPS) is 10.4. The molecule has 0 radical (unpaired) electrons. The van der Waals surface area contributed by atoms with E-state index >= 15 is 0 Å². The quantitative estimate of drug-likeness (QED) is 0.503. The maximum atomic E-state index is 11.8. The summed E-state index contributed by atoms with van der Waals surface area (Å²) >= 11 is 0. The van der Waals surface area contributed by atoms with Crippen molar-refractivity contribution in [2.45, 2.75) is 6.42 Å². The minimum atomic E-state index is -0.219. The molecule has 0 aliphatic rings. The predicted molar refractivity (Wildman–Crippen MR) is 81.8 cm³/mol. The number of hydrazone groups is 1. The molecule has 0 unspecified atom stereocenters. The molecule has 2 aromatic carbocycles. The average molecular weight is 264 g/mol. The monoisotopic (exact) mass is 264 g/mol. The molecule has 3 heteroatoms. The zero-order valence-electron chi connectivity index (χ0n) is 11.1. The van der Waals surface area contributed by atoms with Crippen molar-refractivity contribution in [1.82, 2.24) is 5.43 Å². The lowest BCUT2D eigenvalue weighted by atomic mass is 10.1. The Morgan fingerprint density at radius 3 is 2.55 bits per heavy atom. The predicted octanol–water partition coefficient (Wildman–Crippen LogP) is 3.18. The van der Waals surface area contributed by atoms with E-state index in [0.717, 1.165) is 17.5 Å². The van der Waals surface area contributed by atoms with Crippen LogP contribution >= 0.6 is 0 Å². The number of allylic oxidation sites excluding steroid dienone is 1. The third kappa shape index (κ3) is 3.65. The fourth-order valence-corrected chi connectivity index (χ4v) is 1.82. The van der Waals surface area contributed by atoms with Gasteiger partial charge in [-0.2, -0.15) is 5.10 Å². The van der Waals surface area contributed by atoms with Crippen molar-refractivity contribution in [3.8, 4) is 0 Å². The molecule has 3 nitrogen and oxygen atoms in total. The maximum absolute atomic E-state index is 11.8. The van der Waals surface area contributed by atoms with Gasteiger partial charge in [-0.3, -0.25) is 4.79 Å². The molecule has 1 amide bonds. The first kappa shape index (κ1) is 13.7. The highest BCUT2D eigenvalue weighted by Gasteiger charge is 2.02. The number of nitrogens with one attached hydrogen (secondary N) is 1. The van der Waals surface area contributed by atoms with Gasteiger partial charge in [0.2, 0.25) is 0 Å². The summed E-state index contributed by atoms with van der Waals surface area (Å²) in [4.78, 5) is 11.8. The molecule has 100 valence electrons. The van der Waals surface area contributed by atoms with E-state index in [0.29, 0.717) is 5.56 Å². The molecule has 0 aromatic heterocycles. The summed E-state index contributed by atoms with van der Waals surface area (Å²) in [6, 6.07) is 16.9. The van der Waals surface area contributed by atoms with Crippen LogP contribution in [0, 0.1) is 0 Å². The van der Waals surface area contributed by atoms with Crippen LogP contribution in [0.1, 0.15) is 21.5 Å². The number of benzene rings is 2. The van der Waals surface area contributed by atoms with Crippen LogP contribution in [0.25, 0.3) is 0 Å². The third-order valence-electron chi connectivity index (χ3n) is 2.83. The van der Waals surface area contributed by atoms with E-state index in [1.54, 1.807) is 18.3 Å². The molecule has 0 aliphatic carbocycles. The molecule has 0 saturated heterocycles. The van der Waals surface area contributed by atoms with Gasteiger partial charge in [0.1, 0.15) is 0 Å². The molecular weight excluding hydrogens is 248 g/mol. The lowest BCUT2D eigenvalue weighted by Crippen LogP contribution is -2.17. The van der Waals surface area contributed by atoms with Gasteiger partial charge in [-0.05, 0) is 29.7 Å². The van der Waals surface area contributed by atoms with Crippen molar-refractivity contribution in [3.05, 3.63) is 83.9 Å². The number of rotatable bonds is 5. The van der Waals surface area contributed by atoms with Crippen LogP contribution < -0.4 is 5.43 Å². The molecule has 0 bridgehead atoms. The summed E-state index contributed by atoms with van der Waals surface area (Å²) in [5, 5.41) is 4.00. The molecule has 0 spiro atoms. The third-order valence-corrected chi connectivity index (χ3v) is 2.83. The number of hydrogen-bond donors (Lipinski definition) is 1. The van der Waals surface area contributed by atoms with E-state index in [1.807, 2.05) is 48.5 Å². The molecule has 0 saturated carbocycles. The summed E-state index contributed by atoms with van der Waals surface area (Å²) in [5.41, 5.74) is 5.21. The first-order valence-corrected chi connectivity index (χ1v) is 6.38. The van der Waals surface area contributed by atoms with Gasteiger partial charge in [0, 0.05) is 5.56 Å². The SMILES string of the molecule is C=CCc1ccccc1/C=N/NC(=O)c1ccccc1. The van der Waals surface area contributed by atoms with Gasteiger partial charge in [-0.15, -0.1) is 6.58 Å². The van der Waals surface area contributed by atoms with Gasteiger partial charge in [0.25, 0.3) is 5.91 Å². The first-order chi connectivity index (χ1) is 9.81. The smallest absolute Gasteiger partial charge is 0.267 e. The summed E-state index contributed by atoms with van der Waals surface area (Å²) in [5.74, 6) is -0.219. The van der Waals surface area contributed by atoms with Crippen LogP contribution in [-0.4, -0.2) is 12.1 Å². The molecule has 2 rings (SSSR count). The Bertz CT molecular complexity index is 618. The van der Waals surface area contributed by atoms with E-state index < -0.39 is 0 Å². The van der Waals surface area contributed by atoms with Gasteiger partial charge in [-0.1, -0.05) is 48.5 Å². The molecule has 0 fully saturated rings. The fourth-order valence-electron chi connectivity index (χ4n) is 1.82. The zero-order valence-corrected chi connectivity index (χ0v) is 11.1. The summed E-state index contributed by atoms with van der Waals surface area (Å²) < 4.78 is 0. The largest absolute Gasteiger partial charge is 0.271 e. The Kier molecular flexibility index (Phi) is 4.84. The Morgan fingerprint density at radius 2 is 1.80 bits per heavy atom. The molecule has 2 aromatic rings. The Morgan fingerprint density at radius 1 is 1.10 bits per heavy atom. The second-order valence-electron chi connectivity index (χ2n) is 4.26. The van der Waals surface area contributed by atoms with E-state index in [9.17, 15) is 4.79 Å². The van der Waals surface area contributed by atoms with Crippen LogP contribution in [0.3, 0.4) is 0 Å². The number of carbonyl (C=O) groups is 1. The minimum Gasteiger partial charge on any atom is -0.267 e. The van der Waals surface area contributed by atoms with Crippen LogP contribution in [-0.2, 0) is 6.42 Å². The van der Waals surface area contributed by atoms with Crippen LogP contribution in [0.15, 0.2) is 72.4 Å². The Labute approximate surface area is 118 Å². The number of amides is 1. The molecule has 1 N–H and O–H groups in total. The average Bonchev–Trinajstić information content (AvgIpc) is 2.50. The number of hydrogen-bond acceptors (Lipinski definition) is 2. The van der Waals surface area contributed by atoms with E-state index in [1.165, 1.54) is 0 Å². The van der Waals surface area contributed by atoms with Crippen LogP contribution in [0.5, 0.6) is 0 Å². The molecular formula is C17H16N2O. The summed E-state index contributed by atoms with van der Waals surface area (Å²) in [6.45, 7) is 3.73. The van der Waals surface area contributed by atoms with E-state index in [4.69, 9.17) is 0 Å². The molecule has 20 heavy (non-hydrogen) atoms. The second kappa shape index (κ2) is 7.04. The van der Waals surface area contributed by atoms with Gasteiger partial charge in [-0.25, -0.2) is 5.43 Å². The topological polar surface area (TPSA) is 41.5 Å². The van der Waals surface area contributed by atoms with Crippen molar-refractivity contribution < 1.29 is 4.79 Å². The summed E-state index contributed by atoms with van der Waals surface area (Å²) in [7, 11) is 0. The minimum absolute atomic E-state index is 0.219. The van der Waals surface area contributed by atoms with Crippen LogP contribution in [0.2, 0.25) is 0 Å². The number of carbonyl (C=O) groups excluding carboxylic acids is 1. The van der Waals surface area contributed by atoms with Gasteiger partial charge < -0.3 is 0 Å². The molecule has 0 heterocycles. The molecule has 0 aliphatic heterocycles. The standard InChI is InChI=1S/C17H16N2O/c1-2-8-14-9-6-7-12-16(14)13-18-19-17(20)15-10-4-3-5-11-15/h2-7,9-13H,1,8H2,(H,19,20)/b18-13+. The van der Waals surface area contributed by atoms with Crippen molar-refractivity contribution in [1.29, 1.82) is 0 Å². The van der Waals surface area contributed by atoms with Gasteiger partial charge in [0.05, 0.1) is 6.21 Å². The van der Waals surface area contributed by atoms with Crippen molar-refractivity contribution in [2.24, 2.45) is 5.10 Å². The summed E-state index contributed by atoms with van der Waals surface area (Å²) in [6.07, 6.45) is 4.27. The lowest BCUT2D eigenvalue weighted by molar-refractivity contribution is 0.0955. The highest BCUT2D eigenvalue weighted by Crippen LogP contribution is 2.07. The van der Waals surface area contributed by atoms with Crippen molar-refractivity contribution in [3.63, 3.8) is 0 Å². The van der Waals surface area contributed by atoms with Gasteiger partial charge >= 0.3 is 0 Å². The van der Waals surface area contributed by atoms with Crippen molar-refractivity contribution in [2.75, 3.05) is 0 Å². The van der Waals surface area contributed by atoms with Crippen LogP contribution in [0.4, 0.5) is 0 Å². The Balaban J connectivity index is 2.04.